The number of aryl methyl sites for hydroxylation is 1. The van der Waals surface area contributed by atoms with Crippen molar-refractivity contribution in [3.63, 3.8) is 0 Å². The van der Waals surface area contributed by atoms with Crippen LogP contribution in [-0.2, 0) is 6.42 Å². The molecule has 11 nitrogen and oxygen atoms in total. The normalized spacial score (nSPS) is 13.4. The number of hydrogen-bond acceptors (Lipinski definition) is 9. The number of urea groups is 1. The van der Waals surface area contributed by atoms with Crippen LogP contribution in [0.4, 0.5) is 15.6 Å². The van der Waals surface area contributed by atoms with Crippen LogP contribution in [0.15, 0.2) is 72.8 Å². The van der Waals surface area contributed by atoms with Gasteiger partial charge in [-0.2, -0.15) is 0 Å². The number of fused-ring (bicyclic) bond motifs is 3. The van der Waals surface area contributed by atoms with Gasteiger partial charge in [0, 0.05) is 30.3 Å². The molecule has 228 valence electrons. The summed E-state index contributed by atoms with van der Waals surface area (Å²) in [6.45, 7) is 1.35. The highest BCUT2D eigenvalue weighted by Crippen LogP contribution is 2.36. The van der Waals surface area contributed by atoms with Crippen LogP contribution >= 0.6 is 11.3 Å². The monoisotopic (exact) mass is 624 g/mol. The van der Waals surface area contributed by atoms with Crippen molar-refractivity contribution < 1.29 is 33.6 Å². The first-order chi connectivity index (χ1) is 22.0. The van der Waals surface area contributed by atoms with E-state index in [2.05, 4.69) is 15.3 Å². The van der Waals surface area contributed by atoms with Gasteiger partial charge in [-0.1, -0.05) is 35.6 Å². The highest BCUT2D eigenvalue weighted by Gasteiger charge is 2.25. The predicted octanol–water partition coefficient (Wildman–Crippen LogP) is 6.62. The van der Waals surface area contributed by atoms with Gasteiger partial charge in [-0.3, -0.25) is 10.2 Å². The molecule has 0 radical (unpaired) electrons. The van der Waals surface area contributed by atoms with E-state index in [4.69, 9.17) is 18.9 Å². The number of nitrogens with zero attached hydrogens (tertiary/aromatic N) is 3. The molecular formula is C33H28N4O7S. The number of nitrogens with one attached hydrogen (secondary N) is 1. The Morgan fingerprint density at radius 1 is 0.956 bits per heavy atom. The molecule has 2 aromatic heterocycles. The molecule has 0 saturated heterocycles. The van der Waals surface area contributed by atoms with Gasteiger partial charge in [0.15, 0.2) is 28.1 Å². The van der Waals surface area contributed by atoms with Crippen LogP contribution in [-0.4, -0.2) is 53.6 Å². The Bertz CT molecular complexity index is 1880. The van der Waals surface area contributed by atoms with E-state index in [1.165, 1.54) is 11.3 Å². The summed E-state index contributed by atoms with van der Waals surface area (Å²) in [5.74, 6) is 0.943. The van der Waals surface area contributed by atoms with E-state index in [-0.39, 0.29) is 30.9 Å². The second-order valence-electron chi connectivity index (χ2n) is 10.4. The number of amides is 2. The Morgan fingerprint density at radius 3 is 2.71 bits per heavy atom. The SMILES string of the molecule is O=C(O)c1nc(-c2ccc3c(c2)N(C(=O)Nc2nc4ccccc4s2)CCC3)ccc1OCCCOc1ccc2c(c1)OCO2. The van der Waals surface area contributed by atoms with Gasteiger partial charge >= 0.3 is 12.0 Å². The first-order valence-electron chi connectivity index (χ1n) is 14.5. The molecule has 0 bridgehead atoms. The summed E-state index contributed by atoms with van der Waals surface area (Å²) in [4.78, 5) is 36.2. The maximum atomic E-state index is 13.4. The summed E-state index contributed by atoms with van der Waals surface area (Å²) in [5.41, 5.74) is 3.60. The average Bonchev–Trinajstić information content (AvgIpc) is 3.70. The number of rotatable bonds is 9. The van der Waals surface area contributed by atoms with Crippen LogP contribution in [0.2, 0.25) is 0 Å². The predicted molar refractivity (Wildman–Crippen MR) is 169 cm³/mol. The smallest absolute Gasteiger partial charge is 0.358 e. The van der Waals surface area contributed by atoms with Crippen LogP contribution in [0.3, 0.4) is 0 Å². The number of ether oxygens (including phenoxy) is 4. The molecule has 2 N–H and O–H groups in total. The van der Waals surface area contributed by atoms with Crippen molar-refractivity contribution in [2.75, 3.05) is 36.8 Å². The van der Waals surface area contributed by atoms with Gasteiger partial charge in [0.2, 0.25) is 6.79 Å². The highest BCUT2D eigenvalue weighted by atomic mass is 32.1. The number of anilines is 2. The van der Waals surface area contributed by atoms with Crippen molar-refractivity contribution in [2.24, 2.45) is 0 Å². The third-order valence-electron chi connectivity index (χ3n) is 7.47. The second-order valence-corrected chi connectivity index (χ2v) is 11.5. The molecule has 7 rings (SSSR count). The molecule has 5 aromatic rings. The quantitative estimate of drug-likeness (QED) is 0.174. The van der Waals surface area contributed by atoms with E-state index in [0.717, 1.165) is 34.3 Å². The number of aromatic nitrogens is 2. The number of pyridine rings is 1. The van der Waals surface area contributed by atoms with Gasteiger partial charge in [-0.25, -0.2) is 19.6 Å². The lowest BCUT2D eigenvalue weighted by atomic mass is 9.98. The van der Waals surface area contributed by atoms with Gasteiger partial charge in [0.1, 0.15) is 5.75 Å². The largest absolute Gasteiger partial charge is 0.493 e. The molecule has 0 spiro atoms. The number of carboxylic acids is 1. The molecule has 0 fully saturated rings. The summed E-state index contributed by atoms with van der Waals surface area (Å²) in [5, 5.41) is 13.4. The highest BCUT2D eigenvalue weighted by molar-refractivity contribution is 7.22. The zero-order valence-corrected chi connectivity index (χ0v) is 24.8. The number of hydrogen-bond donors (Lipinski definition) is 2. The van der Waals surface area contributed by atoms with E-state index in [0.29, 0.717) is 53.2 Å². The summed E-state index contributed by atoms with van der Waals surface area (Å²) in [7, 11) is 0. The number of carbonyl (C=O) groups is 2. The van der Waals surface area contributed by atoms with Crippen molar-refractivity contribution in [3.05, 3.63) is 84.1 Å². The van der Waals surface area contributed by atoms with Gasteiger partial charge in [-0.15, -0.1) is 0 Å². The lowest BCUT2D eigenvalue weighted by Crippen LogP contribution is -2.38. The van der Waals surface area contributed by atoms with E-state index in [9.17, 15) is 14.7 Å². The van der Waals surface area contributed by atoms with Crippen LogP contribution in [0.25, 0.3) is 21.5 Å². The van der Waals surface area contributed by atoms with Crippen molar-refractivity contribution in [1.82, 2.24) is 9.97 Å². The maximum absolute atomic E-state index is 13.4. The topological polar surface area (TPSA) is 132 Å². The number of carbonyl (C=O) groups excluding carboxylic acids is 1. The first kappa shape index (κ1) is 28.4. The third kappa shape index (κ3) is 6.04. The fourth-order valence-corrected chi connectivity index (χ4v) is 6.16. The minimum Gasteiger partial charge on any atom is -0.493 e. The molecule has 0 atom stereocenters. The standard InChI is InChI=1S/C33H28N4O7S/c38-31(39)30-27(42-16-4-15-41-22-10-12-26-28(18-22)44-19-43-26)13-11-23(34-30)21-9-8-20-5-3-14-37(25(20)17-21)33(40)36-32-35-24-6-1-2-7-29(24)45-32/h1-2,6-13,17-18H,3-5,14-16,19H2,(H,38,39)(H,35,36,40). The Hall–Kier alpha value is -5.36. The summed E-state index contributed by atoms with van der Waals surface area (Å²) in [6.07, 6.45) is 2.18. The van der Waals surface area contributed by atoms with Gasteiger partial charge in [0.25, 0.3) is 0 Å². The number of aromatic carboxylic acids is 1. The molecule has 2 amide bonds. The molecule has 0 aliphatic carbocycles. The minimum atomic E-state index is -1.20. The number of para-hydroxylation sites is 1. The Morgan fingerprint density at radius 2 is 1.82 bits per heavy atom. The molecule has 4 heterocycles. The van der Waals surface area contributed by atoms with Crippen molar-refractivity contribution in [2.45, 2.75) is 19.3 Å². The third-order valence-corrected chi connectivity index (χ3v) is 8.42. The Kier molecular flexibility index (Phi) is 7.78. The molecular weight excluding hydrogens is 596 g/mol. The number of carboxylic acid groups (broad SMARTS) is 1. The molecule has 45 heavy (non-hydrogen) atoms. The van der Waals surface area contributed by atoms with E-state index >= 15 is 0 Å². The van der Waals surface area contributed by atoms with Crippen LogP contribution in [0, 0.1) is 0 Å². The van der Waals surface area contributed by atoms with Gasteiger partial charge in [0.05, 0.1) is 29.1 Å². The summed E-state index contributed by atoms with van der Waals surface area (Å²) in [6, 6.07) is 21.9. The summed E-state index contributed by atoms with van der Waals surface area (Å²) < 4.78 is 23.2. The average molecular weight is 625 g/mol. The molecule has 2 aliphatic rings. The fraction of sp³-hybridized carbons (Fsp3) is 0.212. The van der Waals surface area contributed by atoms with Gasteiger partial charge in [-0.05, 0) is 60.9 Å². The van der Waals surface area contributed by atoms with Crippen molar-refractivity contribution in [3.8, 4) is 34.3 Å². The minimum absolute atomic E-state index is 0.170. The van der Waals surface area contributed by atoms with Crippen molar-refractivity contribution >= 4 is 44.4 Å². The zero-order valence-electron chi connectivity index (χ0n) is 24.0. The van der Waals surface area contributed by atoms with Crippen molar-refractivity contribution in [1.29, 1.82) is 0 Å². The van der Waals surface area contributed by atoms with Crippen LogP contribution in [0.5, 0.6) is 23.0 Å². The Labute approximate surface area is 262 Å². The zero-order chi connectivity index (χ0) is 30.8. The van der Waals surface area contributed by atoms with Crippen LogP contribution < -0.4 is 29.2 Å². The Balaban J connectivity index is 1.02. The molecule has 3 aromatic carbocycles. The van der Waals surface area contributed by atoms with E-state index in [1.54, 1.807) is 35.2 Å². The second kappa shape index (κ2) is 12.3. The fourth-order valence-electron chi connectivity index (χ4n) is 5.30. The lowest BCUT2D eigenvalue weighted by Gasteiger charge is -2.29. The maximum Gasteiger partial charge on any atom is 0.358 e. The molecule has 0 saturated carbocycles. The molecule has 12 heteroatoms. The van der Waals surface area contributed by atoms with E-state index < -0.39 is 5.97 Å². The molecule has 2 aliphatic heterocycles. The first-order valence-corrected chi connectivity index (χ1v) is 15.3. The lowest BCUT2D eigenvalue weighted by molar-refractivity contribution is 0.0685. The number of thiazole rings is 1. The van der Waals surface area contributed by atoms with Gasteiger partial charge < -0.3 is 24.1 Å². The molecule has 0 unspecified atom stereocenters. The van der Waals surface area contributed by atoms with Crippen LogP contribution in [0.1, 0.15) is 28.9 Å². The number of benzene rings is 3. The van der Waals surface area contributed by atoms with E-state index in [1.807, 2.05) is 42.5 Å². The summed E-state index contributed by atoms with van der Waals surface area (Å²) >= 11 is 1.42.